The topological polar surface area (TPSA) is 47.3 Å². The second-order valence-corrected chi connectivity index (χ2v) is 4.42. The fourth-order valence-corrected chi connectivity index (χ4v) is 1.59. The lowest BCUT2D eigenvalue weighted by molar-refractivity contribution is 0.124. The molecule has 0 heterocycles. The molecule has 0 radical (unpaired) electrons. The van der Waals surface area contributed by atoms with Gasteiger partial charge in [-0.1, -0.05) is 6.07 Å². The van der Waals surface area contributed by atoms with Gasteiger partial charge >= 0.3 is 0 Å². The second-order valence-electron chi connectivity index (χ2n) is 4.42. The van der Waals surface area contributed by atoms with Crippen LogP contribution in [0, 0.1) is 5.92 Å². The molecule has 3 heteroatoms. The molecule has 0 saturated heterocycles. The molecule has 0 amide bonds. The molecule has 88 valence electrons. The Balaban J connectivity index is 1.53. The quantitative estimate of drug-likeness (QED) is 0.548. The molecule has 0 atom stereocenters. The summed E-state index contributed by atoms with van der Waals surface area (Å²) in [6.45, 7) is 2.75. The van der Waals surface area contributed by atoms with E-state index < -0.39 is 0 Å². The van der Waals surface area contributed by atoms with E-state index in [1.165, 1.54) is 12.8 Å². The first-order chi connectivity index (χ1) is 7.84. The van der Waals surface area contributed by atoms with Gasteiger partial charge in [0.2, 0.25) is 0 Å². The number of rotatable bonds is 7. The molecule has 1 saturated carbocycles. The monoisotopic (exact) mass is 220 g/mol. The number of nitrogens with one attached hydrogen (secondary N) is 1. The maximum atomic E-state index is 5.69. The van der Waals surface area contributed by atoms with Crippen LogP contribution in [0.4, 0.5) is 11.4 Å². The molecule has 3 N–H and O–H groups in total. The molecule has 1 aromatic carbocycles. The molecular formula is C13H20N2O. The zero-order valence-corrected chi connectivity index (χ0v) is 9.61. The molecule has 3 nitrogen and oxygen atoms in total. The highest BCUT2D eigenvalue weighted by Gasteiger charge is 2.20. The van der Waals surface area contributed by atoms with Crippen LogP contribution < -0.4 is 11.1 Å². The summed E-state index contributed by atoms with van der Waals surface area (Å²) in [6.07, 6.45) is 3.77. The standard InChI is InChI=1S/C13H20N2O/c14-12-3-1-4-13(9-12)15-7-2-8-16-10-11-5-6-11/h1,3-4,9,11,15H,2,5-8,10,14H2. The molecule has 1 aliphatic rings. The minimum atomic E-state index is 0.801. The Labute approximate surface area is 97.0 Å². The molecule has 16 heavy (non-hydrogen) atoms. The lowest BCUT2D eigenvalue weighted by Crippen LogP contribution is -2.07. The number of anilines is 2. The van der Waals surface area contributed by atoms with Crippen molar-refractivity contribution in [2.75, 3.05) is 30.8 Å². The molecule has 1 fully saturated rings. The summed E-state index contributed by atoms with van der Waals surface area (Å²) < 4.78 is 5.55. The molecular weight excluding hydrogens is 200 g/mol. The van der Waals surface area contributed by atoms with E-state index in [0.717, 1.165) is 43.5 Å². The highest BCUT2D eigenvalue weighted by Crippen LogP contribution is 2.28. The van der Waals surface area contributed by atoms with Gasteiger partial charge in [0.1, 0.15) is 0 Å². The van der Waals surface area contributed by atoms with Gasteiger partial charge < -0.3 is 15.8 Å². The molecule has 1 aromatic rings. The zero-order chi connectivity index (χ0) is 11.2. The van der Waals surface area contributed by atoms with E-state index in [-0.39, 0.29) is 0 Å². The summed E-state index contributed by atoms with van der Waals surface area (Å²) in [5.74, 6) is 0.863. The summed E-state index contributed by atoms with van der Waals surface area (Å²) in [4.78, 5) is 0. The molecule has 0 spiro atoms. The molecule has 1 aliphatic carbocycles. The molecule has 2 rings (SSSR count). The van der Waals surface area contributed by atoms with E-state index in [2.05, 4.69) is 5.32 Å². The average Bonchev–Trinajstić information content (AvgIpc) is 3.07. The molecule has 0 aromatic heterocycles. The Hall–Kier alpha value is -1.22. The van der Waals surface area contributed by atoms with Crippen molar-refractivity contribution in [2.24, 2.45) is 5.92 Å². The van der Waals surface area contributed by atoms with E-state index in [9.17, 15) is 0 Å². The van der Waals surface area contributed by atoms with Crippen LogP contribution in [0.5, 0.6) is 0 Å². The predicted molar refractivity (Wildman–Crippen MR) is 67.5 cm³/mol. The van der Waals surface area contributed by atoms with Crippen molar-refractivity contribution in [3.8, 4) is 0 Å². The first-order valence-corrected chi connectivity index (χ1v) is 6.02. The Morgan fingerprint density at radius 3 is 3.00 bits per heavy atom. The normalized spacial score (nSPS) is 15.0. The van der Waals surface area contributed by atoms with Crippen LogP contribution in [0.3, 0.4) is 0 Å². The van der Waals surface area contributed by atoms with Crippen molar-refractivity contribution >= 4 is 11.4 Å². The third-order valence-corrected chi connectivity index (χ3v) is 2.73. The number of benzene rings is 1. The minimum absolute atomic E-state index is 0.801. The van der Waals surface area contributed by atoms with Crippen molar-refractivity contribution in [3.05, 3.63) is 24.3 Å². The summed E-state index contributed by atoms with van der Waals surface area (Å²) in [5.41, 5.74) is 7.57. The third-order valence-electron chi connectivity index (χ3n) is 2.73. The summed E-state index contributed by atoms with van der Waals surface area (Å²) in [6, 6.07) is 7.83. The van der Waals surface area contributed by atoms with Crippen LogP contribution in [0.15, 0.2) is 24.3 Å². The van der Waals surface area contributed by atoms with E-state index in [4.69, 9.17) is 10.5 Å². The summed E-state index contributed by atoms with van der Waals surface area (Å²) >= 11 is 0. The SMILES string of the molecule is Nc1cccc(NCCCOCC2CC2)c1. The highest BCUT2D eigenvalue weighted by atomic mass is 16.5. The van der Waals surface area contributed by atoms with Gasteiger partial charge in [-0.25, -0.2) is 0 Å². The van der Waals surface area contributed by atoms with Crippen LogP contribution in [0.2, 0.25) is 0 Å². The van der Waals surface area contributed by atoms with Gasteiger partial charge in [0.05, 0.1) is 0 Å². The van der Waals surface area contributed by atoms with Gasteiger partial charge in [-0.15, -0.1) is 0 Å². The Bertz CT molecular complexity index is 323. The Morgan fingerprint density at radius 1 is 1.38 bits per heavy atom. The van der Waals surface area contributed by atoms with Gasteiger partial charge in [0, 0.05) is 31.1 Å². The Morgan fingerprint density at radius 2 is 2.25 bits per heavy atom. The second kappa shape index (κ2) is 5.75. The summed E-state index contributed by atoms with van der Waals surface area (Å²) in [7, 11) is 0. The largest absolute Gasteiger partial charge is 0.399 e. The Kier molecular flexibility index (Phi) is 4.05. The fourth-order valence-electron chi connectivity index (χ4n) is 1.59. The first-order valence-electron chi connectivity index (χ1n) is 6.02. The minimum Gasteiger partial charge on any atom is -0.399 e. The molecule has 0 unspecified atom stereocenters. The van der Waals surface area contributed by atoms with Crippen molar-refractivity contribution in [2.45, 2.75) is 19.3 Å². The van der Waals surface area contributed by atoms with E-state index >= 15 is 0 Å². The summed E-state index contributed by atoms with van der Waals surface area (Å²) in [5, 5.41) is 3.33. The van der Waals surface area contributed by atoms with Crippen molar-refractivity contribution in [1.82, 2.24) is 0 Å². The van der Waals surface area contributed by atoms with Crippen molar-refractivity contribution in [3.63, 3.8) is 0 Å². The van der Waals surface area contributed by atoms with Crippen LogP contribution in [0.25, 0.3) is 0 Å². The van der Waals surface area contributed by atoms with E-state index in [0.29, 0.717) is 0 Å². The average molecular weight is 220 g/mol. The van der Waals surface area contributed by atoms with Crippen LogP contribution >= 0.6 is 0 Å². The van der Waals surface area contributed by atoms with Gasteiger partial charge in [0.15, 0.2) is 0 Å². The lowest BCUT2D eigenvalue weighted by Gasteiger charge is -2.07. The number of nitrogens with two attached hydrogens (primary N) is 1. The number of nitrogen functional groups attached to an aromatic ring is 1. The molecule has 0 aliphatic heterocycles. The highest BCUT2D eigenvalue weighted by molar-refractivity contribution is 5.53. The first kappa shape index (κ1) is 11.3. The smallest absolute Gasteiger partial charge is 0.0494 e. The molecule has 0 bridgehead atoms. The van der Waals surface area contributed by atoms with Crippen molar-refractivity contribution < 1.29 is 4.74 Å². The number of hydrogen-bond acceptors (Lipinski definition) is 3. The van der Waals surface area contributed by atoms with Gasteiger partial charge in [-0.2, -0.15) is 0 Å². The van der Waals surface area contributed by atoms with E-state index in [1.807, 2.05) is 24.3 Å². The van der Waals surface area contributed by atoms with Crippen LogP contribution in [0.1, 0.15) is 19.3 Å². The van der Waals surface area contributed by atoms with Gasteiger partial charge in [-0.05, 0) is 43.4 Å². The lowest BCUT2D eigenvalue weighted by atomic mass is 10.3. The van der Waals surface area contributed by atoms with Crippen molar-refractivity contribution in [1.29, 1.82) is 0 Å². The number of ether oxygens (including phenoxy) is 1. The van der Waals surface area contributed by atoms with Gasteiger partial charge in [0.25, 0.3) is 0 Å². The zero-order valence-electron chi connectivity index (χ0n) is 9.61. The van der Waals surface area contributed by atoms with Gasteiger partial charge in [-0.3, -0.25) is 0 Å². The third kappa shape index (κ3) is 4.11. The van der Waals surface area contributed by atoms with Crippen LogP contribution in [-0.4, -0.2) is 19.8 Å². The number of hydrogen-bond donors (Lipinski definition) is 2. The maximum absolute atomic E-state index is 5.69. The fraction of sp³-hybridized carbons (Fsp3) is 0.538. The van der Waals surface area contributed by atoms with Crippen LogP contribution in [-0.2, 0) is 4.74 Å². The maximum Gasteiger partial charge on any atom is 0.0494 e. The van der Waals surface area contributed by atoms with E-state index in [1.54, 1.807) is 0 Å². The predicted octanol–water partition coefficient (Wildman–Crippen LogP) is 2.50.